The highest BCUT2D eigenvalue weighted by Crippen LogP contribution is 2.15. The van der Waals surface area contributed by atoms with Crippen molar-refractivity contribution in [2.24, 2.45) is 0 Å². The molecular weight excluding hydrogens is 280 g/mol. The van der Waals surface area contributed by atoms with Crippen LogP contribution in [0.15, 0.2) is 18.6 Å². The lowest BCUT2D eigenvalue weighted by Gasteiger charge is -2.16. The number of aromatic nitrogens is 4. The van der Waals surface area contributed by atoms with Crippen molar-refractivity contribution in [2.75, 3.05) is 0 Å². The smallest absolute Gasteiger partial charge is 0.273 e. The number of hydrogen-bond donors (Lipinski definition) is 1. The number of nitrogens with one attached hydrogen (secondary N) is 1. The molecule has 112 valence electrons. The molecule has 0 aliphatic rings. The number of halogens is 2. The summed E-state index contributed by atoms with van der Waals surface area (Å²) in [6, 6.07) is 0.243. The van der Waals surface area contributed by atoms with Crippen LogP contribution in [0.1, 0.15) is 49.2 Å². The Hall–Kier alpha value is -2.38. The Bertz CT molecular complexity index is 656. The van der Waals surface area contributed by atoms with Crippen LogP contribution in [0.5, 0.6) is 0 Å². The lowest BCUT2D eigenvalue weighted by atomic mass is 10.2. The minimum Gasteiger partial charge on any atom is -0.341 e. The van der Waals surface area contributed by atoms with Crippen LogP contribution >= 0.6 is 0 Å². The van der Waals surface area contributed by atoms with Crippen molar-refractivity contribution in [3.8, 4) is 0 Å². The SMILES string of the molecule is CC(NC(=O)c1ncc(F)cc1F)c1nncn1C(C)C. The quantitative estimate of drug-likeness (QED) is 0.936. The summed E-state index contributed by atoms with van der Waals surface area (Å²) in [4.78, 5) is 15.4. The third kappa shape index (κ3) is 3.21. The van der Waals surface area contributed by atoms with Gasteiger partial charge in [-0.15, -0.1) is 10.2 Å². The highest BCUT2D eigenvalue weighted by atomic mass is 19.1. The van der Waals surface area contributed by atoms with E-state index in [2.05, 4.69) is 20.5 Å². The number of carbonyl (C=O) groups is 1. The van der Waals surface area contributed by atoms with Crippen LogP contribution in [0.25, 0.3) is 0 Å². The summed E-state index contributed by atoms with van der Waals surface area (Å²) < 4.78 is 28.1. The van der Waals surface area contributed by atoms with E-state index in [1.165, 1.54) is 0 Å². The summed E-state index contributed by atoms with van der Waals surface area (Å²) >= 11 is 0. The molecule has 8 heteroatoms. The standard InChI is InChI=1S/C13H15F2N5O/c1-7(2)20-6-17-19-12(20)8(3)18-13(21)11-10(15)4-9(14)5-16-11/h4-8H,1-3H3,(H,18,21). The summed E-state index contributed by atoms with van der Waals surface area (Å²) in [5.41, 5.74) is -0.459. The van der Waals surface area contributed by atoms with E-state index < -0.39 is 29.3 Å². The maximum absolute atomic E-state index is 13.5. The van der Waals surface area contributed by atoms with Gasteiger partial charge in [-0.25, -0.2) is 13.8 Å². The number of hydrogen-bond acceptors (Lipinski definition) is 4. The van der Waals surface area contributed by atoms with Gasteiger partial charge in [0.2, 0.25) is 0 Å². The minimum atomic E-state index is -1.01. The van der Waals surface area contributed by atoms with Gasteiger partial charge in [0.05, 0.1) is 12.2 Å². The fourth-order valence-corrected chi connectivity index (χ4v) is 1.87. The molecule has 2 aromatic heterocycles. The van der Waals surface area contributed by atoms with E-state index in [4.69, 9.17) is 0 Å². The normalized spacial score (nSPS) is 12.5. The van der Waals surface area contributed by atoms with Crippen LogP contribution in [-0.2, 0) is 0 Å². The average molecular weight is 295 g/mol. The molecule has 21 heavy (non-hydrogen) atoms. The Labute approximate surface area is 120 Å². The summed E-state index contributed by atoms with van der Waals surface area (Å²) in [6.45, 7) is 5.59. The molecule has 2 rings (SSSR count). The van der Waals surface area contributed by atoms with Crippen molar-refractivity contribution in [3.05, 3.63) is 41.7 Å². The van der Waals surface area contributed by atoms with Gasteiger partial charge in [-0.3, -0.25) is 4.79 Å². The van der Waals surface area contributed by atoms with E-state index in [9.17, 15) is 13.6 Å². The first-order valence-electron chi connectivity index (χ1n) is 6.41. The van der Waals surface area contributed by atoms with Gasteiger partial charge in [0, 0.05) is 12.1 Å². The van der Waals surface area contributed by atoms with E-state index >= 15 is 0 Å². The molecule has 0 saturated heterocycles. The van der Waals surface area contributed by atoms with Gasteiger partial charge < -0.3 is 9.88 Å². The van der Waals surface area contributed by atoms with Gasteiger partial charge in [0.1, 0.15) is 12.1 Å². The zero-order valence-corrected chi connectivity index (χ0v) is 11.8. The highest BCUT2D eigenvalue weighted by molar-refractivity contribution is 5.92. The molecule has 6 nitrogen and oxygen atoms in total. The van der Waals surface area contributed by atoms with Crippen LogP contribution in [0.4, 0.5) is 8.78 Å². The lowest BCUT2D eigenvalue weighted by Crippen LogP contribution is -2.30. The monoisotopic (exact) mass is 295 g/mol. The predicted molar refractivity (Wildman–Crippen MR) is 70.4 cm³/mol. The Morgan fingerprint density at radius 3 is 2.67 bits per heavy atom. The van der Waals surface area contributed by atoms with Crippen LogP contribution in [0.3, 0.4) is 0 Å². The maximum atomic E-state index is 13.5. The Morgan fingerprint density at radius 2 is 2.05 bits per heavy atom. The maximum Gasteiger partial charge on any atom is 0.273 e. The molecule has 1 N–H and O–H groups in total. The molecule has 2 aromatic rings. The summed E-state index contributed by atoms with van der Waals surface area (Å²) in [5, 5.41) is 10.3. The Balaban J connectivity index is 2.17. The number of carbonyl (C=O) groups excluding carboxylic acids is 1. The number of nitrogens with zero attached hydrogens (tertiary/aromatic N) is 4. The van der Waals surface area contributed by atoms with Crippen LogP contribution in [0.2, 0.25) is 0 Å². The first-order chi connectivity index (χ1) is 9.90. The van der Waals surface area contributed by atoms with Gasteiger partial charge in [-0.05, 0) is 20.8 Å². The second-order valence-electron chi connectivity index (χ2n) is 4.87. The zero-order valence-electron chi connectivity index (χ0n) is 11.8. The van der Waals surface area contributed by atoms with Crippen molar-refractivity contribution >= 4 is 5.91 Å². The summed E-state index contributed by atoms with van der Waals surface area (Å²) in [6.07, 6.45) is 2.35. The van der Waals surface area contributed by atoms with Crippen molar-refractivity contribution < 1.29 is 13.6 Å². The first-order valence-corrected chi connectivity index (χ1v) is 6.41. The molecule has 0 fully saturated rings. The van der Waals surface area contributed by atoms with Gasteiger partial charge in [-0.2, -0.15) is 0 Å². The predicted octanol–water partition coefficient (Wildman–Crippen LogP) is 2.02. The number of rotatable bonds is 4. The molecule has 1 unspecified atom stereocenters. The van der Waals surface area contributed by atoms with Gasteiger partial charge in [-0.1, -0.05) is 0 Å². The number of amides is 1. The van der Waals surface area contributed by atoms with Crippen molar-refractivity contribution in [2.45, 2.75) is 32.9 Å². The molecular formula is C13H15F2N5O. The molecule has 1 atom stereocenters. The fourth-order valence-electron chi connectivity index (χ4n) is 1.87. The van der Waals surface area contributed by atoms with E-state index in [0.29, 0.717) is 11.9 Å². The van der Waals surface area contributed by atoms with Crippen LogP contribution < -0.4 is 5.32 Å². The molecule has 0 radical (unpaired) electrons. The van der Waals surface area contributed by atoms with Crippen LogP contribution in [-0.4, -0.2) is 25.7 Å². The largest absolute Gasteiger partial charge is 0.341 e. The number of pyridine rings is 1. The highest BCUT2D eigenvalue weighted by Gasteiger charge is 2.20. The van der Waals surface area contributed by atoms with Crippen molar-refractivity contribution in [3.63, 3.8) is 0 Å². The average Bonchev–Trinajstić information content (AvgIpc) is 2.87. The van der Waals surface area contributed by atoms with E-state index in [-0.39, 0.29) is 6.04 Å². The molecule has 0 spiro atoms. The van der Waals surface area contributed by atoms with Crippen molar-refractivity contribution in [1.29, 1.82) is 0 Å². The van der Waals surface area contributed by atoms with Gasteiger partial charge in [0.25, 0.3) is 5.91 Å². The molecule has 0 aliphatic carbocycles. The molecule has 0 saturated carbocycles. The molecule has 2 heterocycles. The van der Waals surface area contributed by atoms with Gasteiger partial charge in [0.15, 0.2) is 17.3 Å². The molecule has 0 aromatic carbocycles. The first kappa shape index (κ1) is 15.0. The second-order valence-corrected chi connectivity index (χ2v) is 4.87. The van der Waals surface area contributed by atoms with E-state index in [0.717, 1.165) is 6.20 Å². The molecule has 0 bridgehead atoms. The van der Waals surface area contributed by atoms with Gasteiger partial charge >= 0.3 is 0 Å². The zero-order chi connectivity index (χ0) is 15.6. The third-order valence-corrected chi connectivity index (χ3v) is 2.91. The lowest BCUT2D eigenvalue weighted by molar-refractivity contribution is 0.0927. The fraction of sp³-hybridized carbons (Fsp3) is 0.385. The Morgan fingerprint density at radius 1 is 1.33 bits per heavy atom. The van der Waals surface area contributed by atoms with Crippen molar-refractivity contribution in [1.82, 2.24) is 25.1 Å². The summed E-state index contributed by atoms with van der Waals surface area (Å²) in [7, 11) is 0. The second kappa shape index (κ2) is 5.94. The molecule has 1 amide bonds. The van der Waals surface area contributed by atoms with E-state index in [1.807, 2.05) is 13.8 Å². The minimum absolute atomic E-state index is 0.120. The van der Waals surface area contributed by atoms with E-state index in [1.54, 1.807) is 17.8 Å². The summed E-state index contributed by atoms with van der Waals surface area (Å²) in [5.74, 6) is -2.04. The third-order valence-electron chi connectivity index (χ3n) is 2.91. The Kier molecular flexibility index (Phi) is 4.25. The molecule has 0 aliphatic heterocycles. The topological polar surface area (TPSA) is 72.7 Å². The van der Waals surface area contributed by atoms with Crippen LogP contribution in [0, 0.1) is 11.6 Å².